The van der Waals surface area contributed by atoms with Gasteiger partial charge in [-0.05, 0) is 34.1 Å². The van der Waals surface area contributed by atoms with Gasteiger partial charge in [-0.1, -0.05) is 30.3 Å². The van der Waals surface area contributed by atoms with E-state index in [0.29, 0.717) is 5.75 Å². The number of amides is 1. The SMILES string of the molecule is COc1ccccc1CC(=O)Nc1cccc(-c2nn(C)cc2Br)c1. The number of carbonyl (C=O) groups excluding carboxylic acids is 1. The fourth-order valence-electron chi connectivity index (χ4n) is 2.63. The van der Waals surface area contributed by atoms with E-state index in [9.17, 15) is 4.79 Å². The largest absolute Gasteiger partial charge is 0.496 e. The predicted octanol–water partition coefficient (Wildman–Crippen LogP) is 4.04. The second kappa shape index (κ2) is 7.53. The molecule has 0 aliphatic carbocycles. The van der Waals surface area contributed by atoms with E-state index < -0.39 is 0 Å². The molecule has 128 valence electrons. The Morgan fingerprint density at radius 3 is 2.76 bits per heavy atom. The first-order valence-corrected chi connectivity index (χ1v) is 8.57. The molecule has 0 atom stereocenters. The standard InChI is InChI=1S/C19H18BrN3O2/c1-23-12-16(20)19(22-23)14-7-5-8-15(10-14)21-18(24)11-13-6-3-4-9-17(13)25-2/h3-10,12H,11H2,1-2H3,(H,21,24). The number of aryl methyl sites for hydroxylation is 1. The molecule has 6 heteroatoms. The molecule has 0 radical (unpaired) electrons. The normalized spacial score (nSPS) is 10.5. The highest BCUT2D eigenvalue weighted by Crippen LogP contribution is 2.28. The Morgan fingerprint density at radius 2 is 2.04 bits per heavy atom. The average molecular weight is 400 g/mol. The number of para-hydroxylation sites is 1. The van der Waals surface area contributed by atoms with E-state index in [1.54, 1.807) is 11.8 Å². The molecule has 0 aliphatic rings. The van der Waals surface area contributed by atoms with Crippen molar-refractivity contribution in [3.8, 4) is 17.0 Å². The van der Waals surface area contributed by atoms with Gasteiger partial charge in [0.05, 0.1) is 18.0 Å². The lowest BCUT2D eigenvalue weighted by atomic mass is 10.1. The first-order chi connectivity index (χ1) is 12.1. The fraction of sp³-hybridized carbons (Fsp3) is 0.158. The second-order valence-corrected chi connectivity index (χ2v) is 6.47. The van der Waals surface area contributed by atoms with Gasteiger partial charge in [0.1, 0.15) is 11.4 Å². The molecule has 0 fully saturated rings. The van der Waals surface area contributed by atoms with Crippen LogP contribution in [0.25, 0.3) is 11.3 Å². The zero-order chi connectivity index (χ0) is 17.8. The van der Waals surface area contributed by atoms with Crippen LogP contribution in [-0.2, 0) is 18.3 Å². The number of rotatable bonds is 5. The van der Waals surface area contributed by atoms with Crippen LogP contribution >= 0.6 is 15.9 Å². The van der Waals surface area contributed by atoms with Crippen LogP contribution in [-0.4, -0.2) is 22.8 Å². The van der Waals surface area contributed by atoms with Gasteiger partial charge in [0.25, 0.3) is 0 Å². The van der Waals surface area contributed by atoms with Gasteiger partial charge < -0.3 is 10.1 Å². The van der Waals surface area contributed by atoms with Crippen molar-refractivity contribution in [3.05, 3.63) is 64.8 Å². The monoisotopic (exact) mass is 399 g/mol. The van der Waals surface area contributed by atoms with Crippen molar-refractivity contribution in [3.63, 3.8) is 0 Å². The number of hydrogen-bond donors (Lipinski definition) is 1. The summed E-state index contributed by atoms with van der Waals surface area (Å²) < 4.78 is 7.95. The van der Waals surface area contributed by atoms with Gasteiger partial charge in [-0.25, -0.2) is 0 Å². The summed E-state index contributed by atoms with van der Waals surface area (Å²) in [5.74, 6) is 0.616. The molecule has 5 nitrogen and oxygen atoms in total. The summed E-state index contributed by atoms with van der Waals surface area (Å²) in [6.07, 6.45) is 2.14. The molecular weight excluding hydrogens is 382 g/mol. The van der Waals surface area contributed by atoms with Gasteiger partial charge in [-0.3, -0.25) is 9.48 Å². The van der Waals surface area contributed by atoms with Crippen LogP contribution in [0.15, 0.2) is 59.2 Å². The number of carbonyl (C=O) groups is 1. The van der Waals surface area contributed by atoms with E-state index >= 15 is 0 Å². The summed E-state index contributed by atoms with van der Waals surface area (Å²) in [4.78, 5) is 12.4. The van der Waals surface area contributed by atoms with Gasteiger partial charge in [-0.2, -0.15) is 5.10 Å². The Kier molecular flexibility index (Phi) is 5.19. The number of halogens is 1. The predicted molar refractivity (Wildman–Crippen MR) is 102 cm³/mol. The maximum Gasteiger partial charge on any atom is 0.228 e. The molecule has 0 bridgehead atoms. The van der Waals surface area contributed by atoms with E-state index in [4.69, 9.17) is 4.74 Å². The minimum absolute atomic E-state index is 0.0956. The number of ether oxygens (including phenoxy) is 1. The van der Waals surface area contributed by atoms with Crippen molar-refractivity contribution in [2.45, 2.75) is 6.42 Å². The van der Waals surface area contributed by atoms with Crippen molar-refractivity contribution < 1.29 is 9.53 Å². The summed E-state index contributed by atoms with van der Waals surface area (Å²) in [6, 6.07) is 15.1. The quantitative estimate of drug-likeness (QED) is 0.704. The number of nitrogens with zero attached hydrogens (tertiary/aromatic N) is 2. The van der Waals surface area contributed by atoms with E-state index in [1.165, 1.54) is 0 Å². The van der Waals surface area contributed by atoms with Gasteiger partial charge in [0.15, 0.2) is 0 Å². The first-order valence-electron chi connectivity index (χ1n) is 7.78. The molecule has 3 aromatic rings. The molecule has 1 heterocycles. The van der Waals surface area contributed by atoms with Crippen molar-refractivity contribution >= 4 is 27.5 Å². The molecular formula is C19H18BrN3O2. The Bertz CT molecular complexity index is 905. The van der Waals surface area contributed by atoms with Crippen LogP contribution < -0.4 is 10.1 Å². The van der Waals surface area contributed by atoms with Crippen LogP contribution in [0.1, 0.15) is 5.56 Å². The Balaban J connectivity index is 1.76. The molecule has 3 rings (SSSR count). The number of methoxy groups -OCH3 is 1. The van der Waals surface area contributed by atoms with Crippen LogP contribution in [0.2, 0.25) is 0 Å². The summed E-state index contributed by atoms with van der Waals surface area (Å²) in [5.41, 5.74) is 3.35. The lowest BCUT2D eigenvalue weighted by molar-refractivity contribution is -0.115. The number of anilines is 1. The highest BCUT2D eigenvalue weighted by Gasteiger charge is 2.11. The van der Waals surface area contributed by atoms with Crippen molar-refractivity contribution in [1.82, 2.24) is 9.78 Å². The Hall–Kier alpha value is -2.60. The van der Waals surface area contributed by atoms with Gasteiger partial charge in [-0.15, -0.1) is 0 Å². The summed E-state index contributed by atoms with van der Waals surface area (Å²) >= 11 is 3.50. The topological polar surface area (TPSA) is 56.1 Å². The van der Waals surface area contributed by atoms with Crippen molar-refractivity contribution in [2.24, 2.45) is 7.05 Å². The van der Waals surface area contributed by atoms with Gasteiger partial charge in [0.2, 0.25) is 5.91 Å². The van der Waals surface area contributed by atoms with Crippen molar-refractivity contribution in [2.75, 3.05) is 12.4 Å². The molecule has 0 saturated heterocycles. The van der Waals surface area contributed by atoms with Gasteiger partial charge in [0, 0.05) is 30.1 Å². The Labute approximate surface area is 154 Å². The smallest absolute Gasteiger partial charge is 0.228 e. The number of benzene rings is 2. The van der Waals surface area contributed by atoms with Crippen LogP contribution in [0.4, 0.5) is 5.69 Å². The third-order valence-corrected chi connectivity index (χ3v) is 4.33. The third-order valence-electron chi connectivity index (χ3n) is 3.75. The van der Waals surface area contributed by atoms with Gasteiger partial charge >= 0.3 is 0 Å². The number of aromatic nitrogens is 2. The molecule has 25 heavy (non-hydrogen) atoms. The minimum atomic E-state index is -0.0956. The zero-order valence-corrected chi connectivity index (χ0v) is 15.6. The molecule has 1 amide bonds. The van der Waals surface area contributed by atoms with Crippen LogP contribution in [0.5, 0.6) is 5.75 Å². The van der Waals surface area contributed by atoms with Crippen molar-refractivity contribution in [1.29, 1.82) is 0 Å². The Morgan fingerprint density at radius 1 is 1.24 bits per heavy atom. The number of nitrogens with one attached hydrogen (secondary N) is 1. The maximum atomic E-state index is 12.4. The minimum Gasteiger partial charge on any atom is -0.496 e. The molecule has 1 aromatic heterocycles. The lowest BCUT2D eigenvalue weighted by Gasteiger charge is -2.09. The molecule has 0 aliphatic heterocycles. The van der Waals surface area contributed by atoms with Crippen LogP contribution in [0.3, 0.4) is 0 Å². The molecule has 0 saturated carbocycles. The molecule has 0 spiro atoms. The average Bonchev–Trinajstić information content (AvgIpc) is 2.94. The fourth-order valence-corrected chi connectivity index (χ4v) is 3.23. The third kappa shape index (κ3) is 4.09. The van der Waals surface area contributed by atoms with E-state index in [-0.39, 0.29) is 12.3 Å². The van der Waals surface area contributed by atoms with E-state index in [1.807, 2.05) is 61.8 Å². The summed E-state index contributed by atoms with van der Waals surface area (Å²) in [7, 11) is 3.47. The molecule has 0 unspecified atom stereocenters. The van der Waals surface area contributed by atoms with E-state index in [0.717, 1.165) is 27.0 Å². The summed E-state index contributed by atoms with van der Waals surface area (Å²) in [5, 5.41) is 7.37. The van der Waals surface area contributed by atoms with E-state index in [2.05, 4.69) is 26.3 Å². The highest BCUT2D eigenvalue weighted by atomic mass is 79.9. The lowest BCUT2D eigenvalue weighted by Crippen LogP contribution is -2.14. The summed E-state index contributed by atoms with van der Waals surface area (Å²) in [6.45, 7) is 0. The second-order valence-electron chi connectivity index (χ2n) is 5.62. The molecule has 1 N–H and O–H groups in total. The first kappa shape index (κ1) is 17.2. The zero-order valence-electron chi connectivity index (χ0n) is 14.0. The maximum absolute atomic E-state index is 12.4. The van der Waals surface area contributed by atoms with Crippen LogP contribution in [0, 0.1) is 0 Å². The number of hydrogen-bond acceptors (Lipinski definition) is 3. The highest BCUT2D eigenvalue weighted by molar-refractivity contribution is 9.10. The molecule has 2 aromatic carbocycles.